The van der Waals surface area contributed by atoms with Gasteiger partial charge in [-0.05, 0) is 36.1 Å². The molecule has 5 nitrogen and oxygen atoms in total. The maximum absolute atomic E-state index is 13.2. The third-order valence-corrected chi connectivity index (χ3v) is 5.16. The quantitative estimate of drug-likeness (QED) is 0.901. The summed E-state index contributed by atoms with van der Waals surface area (Å²) in [4.78, 5) is 27.2. The largest absolute Gasteiger partial charge is 0.493 e. The zero-order valence-corrected chi connectivity index (χ0v) is 14.8. The predicted molar refractivity (Wildman–Crippen MR) is 101 cm³/mol. The summed E-state index contributed by atoms with van der Waals surface area (Å²) >= 11 is 0. The first-order valence-electron chi connectivity index (χ1n) is 9.05. The van der Waals surface area contributed by atoms with Crippen LogP contribution in [-0.4, -0.2) is 25.0 Å². The molecule has 0 saturated heterocycles. The average Bonchev–Trinajstić information content (AvgIpc) is 2.79. The van der Waals surface area contributed by atoms with Gasteiger partial charge >= 0.3 is 0 Å². The highest BCUT2D eigenvalue weighted by Crippen LogP contribution is 2.37. The van der Waals surface area contributed by atoms with Crippen LogP contribution in [0, 0.1) is 5.92 Å². The van der Waals surface area contributed by atoms with E-state index in [1.54, 1.807) is 4.90 Å². The first kappa shape index (κ1) is 16.6. The monoisotopic (exact) mass is 350 g/mol. The summed E-state index contributed by atoms with van der Waals surface area (Å²) < 4.78 is 5.71. The molecule has 0 radical (unpaired) electrons. The van der Waals surface area contributed by atoms with Gasteiger partial charge in [0.2, 0.25) is 11.8 Å². The Morgan fingerprint density at radius 2 is 1.96 bits per heavy atom. The van der Waals surface area contributed by atoms with Gasteiger partial charge in [-0.1, -0.05) is 37.3 Å². The molecule has 0 saturated carbocycles. The van der Waals surface area contributed by atoms with Crippen molar-refractivity contribution in [3.05, 3.63) is 54.1 Å². The molecular weight excluding hydrogens is 328 g/mol. The smallest absolute Gasteiger partial charge is 0.229 e. The van der Waals surface area contributed by atoms with E-state index in [0.29, 0.717) is 25.3 Å². The number of carbonyl (C=O) groups is 2. The van der Waals surface area contributed by atoms with Gasteiger partial charge in [0.1, 0.15) is 5.75 Å². The van der Waals surface area contributed by atoms with Crippen LogP contribution in [0.2, 0.25) is 0 Å². The molecule has 2 aromatic carbocycles. The van der Waals surface area contributed by atoms with Crippen LogP contribution >= 0.6 is 0 Å². The molecule has 2 heterocycles. The predicted octanol–water partition coefficient (Wildman–Crippen LogP) is 3.56. The molecule has 0 bridgehead atoms. The Kier molecular flexibility index (Phi) is 4.37. The lowest BCUT2D eigenvalue weighted by Crippen LogP contribution is -2.37. The number of nitrogens with zero attached hydrogens (tertiary/aromatic N) is 1. The first-order chi connectivity index (χ1) is 12.6. The second kappa shape index (κ2) is 6.83. The van der Waals surface area contributed by atoms with Crippen molar-refractivity contribution in [2.24, 2.45) is 5.92 Å². The standard InChI is InChI=1S/C21H22N2O3/c1-14-13-23(18-8-4-3-7-17(18)22-21(14)25)20(24)12-15-10-11-26-19-9-5-2-6-16(15)19/h2-9,14-15H,10-13H2,1H3,(H,22,25). The molecule has 2 aliphatic heterocycles. The molecular formula is C21H22N2O3. The molecule has 0 spiro atoms. The van der Waals surface area contributed by atoms with Gasteiger partial charge in [-0.25, -0.2) is 0 Å². The van der Waals surface area contributed by atoms with Crippen LogP contribution in [0.25, 0.3) is 0 Å². The molecule has 2 aromatic rings. The number of amides is 2. The molecule has 2 amide bonds. The molecule has 134 valence electrons. The Morgan fingerprint density at radius 1 is 1.19 bits per heavy atom. The van der Waals surface area contributed by atoms with Gasteiger partial charge in [0.25, 0.3) is 0 Å². The molecule has 0 aliphatic carbocycles. The highest BCUT2D eigenvalue weighted by atomic mass is 16.5. The number of nitrogens with one attached hydrogen (secondary N) is 1. The molecule has 5 heteroatoms. The summed E-state index contributed by atoms with van der Waals surface area (Å²) in [6.45, 7) is 2.87. The van der Waals surface area contributed by atoms with Gasteiger partial charge in [-0.3, -0.25) is 9.59 Å². The van der Waals surface area contributed by atoms with Crippen molar-refractivity contribution in [2.45, 2.75) is 25.7 Å². The number of ether oxygens (including phenoxy) is 1. The van der Waals surface area contributed by atoms with Gasteiger partial charge < -0.3 is 15.0 Å². The van der Waals surface area contributed by atoms with Crippen LogP contribution in [0.4, 0.5) is 11.4 Å². The Labute approximate surface area is 153 Å². The number of hydrogen-bond acceptors (Lipinski definition) is 3. The minimum absolute atomic E-state index is 0.0440. The maximum atomic E-state index is 13.2. The number of fused-ring (bicyclic) bond motifs is 2. The van der Waals surface area contributed by atoms with Crippen molar-refractivity contribution < 1.29 is 14.3 Å². The molecule has 2 atom stereocenters. The minimum Gasteiger partial charge on any atom is -0.493 e. The van der Waals surface area contributed by atoms with E-state index in [-0.39, 0.29) is 23.7 Å². The molecule has 2 aliphatic rings. The SMILES string of the molecule is CC1CN(C(=O)CC2CCOc3ccccc32)c2ccccc2NC1=O. The summed E-state index contributed by atoms with van der Waals surface area (Å²) in [5.41, 5.74) is 2.57. The van der Waals surface area contributed by atoms with Crippen LogP contribution in [0.3, 0.4) is 0 Å². The third kappa shape index (κ3) is 3.05. The molecule has 1 N–H and O–H groups in total. The second-order valence-electron chi connectivity index (χ2n) is 6.99. The average molecular weight is 350 g/mol. The molecule has 4 rings (SSSR count). The van der Waals surface area contributed by atoms with E-state index >= 15 is 0 Å². The fourth-order valence-corrected chi connectivity index (χ4v) is 3.71. The van der Waals surface area contributed by atoms with Crippen LogP contribution in [-0.2, 0) is 9.59 Å². The minimum atomic E-state index is -0.256. The van der Waals surface area contributed by atoms with Crippen LogP contribution in [0.5, 0.6) is 5.75 Å². The van der Waals surface area contributed by atoms with E-state index in [9.17, 15) is 9.59 Å². The maximum Gasteiger partial charge on any atom is 0.229 e. The highest BCUT2D eigenvalue weighted by Gasteiger charge is 2.31. The number of benzene rings is 2. The Morgan fingerprint density at radius 3 is 2.85 bits per heavy atom. The summed E-state index contributed by atoms with van der Waals surface area (Å²) in [7, 11) is 0. The number of anilines is 2. The third-order valence-electron chi connectivity index (χ3n) is 5.16. The van der Waals surface area contributed by atoms with E-state index in [1.165, 1.54) is 0 Å². The lowest BCUT2D eigenvalue weighted by atomic mass is 9.89. The lowest BCUT2D eigenvalue weighted by molar-refractivity contribution is -0.120. The number of para-hydroxylation sites is 3. The zero-order valence-electron chi connectivity index (χ0n) is 14.8. The highest BCUT2D eigenvalue weighted by molar-refractivity contribution is 6.04. The Bertz CT molecular complexity index is 849. The topological polar surface area (TPSA) is 58.6 Å². The number of rotatable bonds is 2. The summed E-state index contributed by atoms with van der Waals surface area (Å²) in [6.07, 6.45) is 1.24. The van der Waals surface area contributed by atoms with Crippen molar-refractivity contribution in [3.63, 3.8) is 0 Å². The van der Waals surface area contributed by atoms with Crippen molar-refractivity contribution in [2.75, 3.05) is 23.4 Å². The van der Waals surface area contributed by atoms with Gasteiger partial charge in [-0.2, -0.15) is 0 Å². The van der Waals surface area contributed by atoms with E-state index in [2.05, 4.69) is 5.32 Å². The van der Waals surface area contributed by atoms with Gasteiger partial charge in [0.05, 0.1) is 23.9 Å². The van der Waals surface area contributed by atoms with Crippen molar-refractivity contribution in [1.82, 2.24) is 0 Å². The van der Waals surface area contributed by atoms with E-state index in [4.69, 9.17) is 4.74 Å². The normalized spacial score (nSPS) is 21.7. The lowest BCUT2D eigenvalue weighted by Gasteiger charge is -2.29. The van der Waals surface area contributed by atoms with Crippen molar-refractivity contribution in [1.29, 1.82) is 0 Å². The molecule has 2 unspecified atom stereocenters. The summed E-state index contributed by atoms with van der Waals surface area (Å²) in [5, 5.41) is 2.92. The van der Waals surface area contributed by atoms with Crippen molar-refractivity contribution in [3.8, 4) is 5.75 Å². The first-order valence-corrected chi connectivity index (χ1v) is 9.05. The zero-order chi connectivity index (χ0) is 18.1. The second-order valence-corrected chi connectivity index (χ2v) is 6.99. The Hall–Kier alpha value is -2.82. The van der Waals surface area contributed by atoms with Crippen LogP contribution < -0.4 is 15.0 Å². The van der Waals surface area contributed by atoms with Crippen molar-refractivity contribution >= 4 is 23.2 Å². The van der Waals surface area contributed by atoms with Gasteiger partial charge in [0.15, 0.2) is 0 Å². The van der Waals surface area contributed by atoms with Crippen LogP contribution in [0.15, 0.2) is 48.5 Å². The fraction of sp³-hybridized carbons (Fsp3) is 0.333. The van der Waals surface area contributed by atoms with Gasteiger partial charge in [-0.15, -0.1) is 0 Å². The van der Waals surface area contributed by atoms with Gasteiger partial charge in [0, 0.05) is 13.0 Å². The van der Waals surface area contributed by atoms with Crippen LogP contribution in [0.1, 0.15) is 31.2 Å². The molecule has 0 aromatic heterocycles. The number of hydrogen-bond donors (Lipinski definition) is 1. The van der Waals surface area contributed by atoms with E-state index in [0.717, 1.165) is 23.4 Å². The number of carbonyl (C=O) groups excluding carboxylic acids is 2. The molecule has 26 heavy (non-hydrogen) atoms. The van der Waals surface area contributed by atoms with E-state index in [1.807, 2.05) is 55.5 Å². The Balaban J connectivity index is 1.61. The summed E-state index contributed by atoms with van der Waals surface area (Å²) in [6, 6.07) is 15.4. The molecule has 0 fully saturated rings. The fourth-order valence-electron chi connectivity index (χ4n) is 3.71. The summed E-state index contributed by atoms with van der Waals surface area (Å²) in [5.74, 6) is 0.750. The van der Waals surface area contributed by atoms with E-state index < -0.39 is 0 Å².